The first-order chi connectivity index (χ1) is 6.36. The van der Waals surface area contributed by atoms with Crippen LogP contribution in [0.1, 0.15) is 15.9 Å². The number of nitrogen functional groups attached to an aromatic ring is 1. The maximum atomic E-state index is 12.3. The van der Waals surface area contributed by atoms with Crippen LogP contribution < -0.4 is 5.73 Å². The highest BCUT2D eigenvalue weighted by molar-refractivity contribution is 6.31. The molecule has 1 aromatic rings. The molecule has 0 aliphatic carbocycles. The molecular formula is C8H5ClF3NO. The third-order valence-corrected chi connectivity index (χ3v) is 1.79. The van der Waals surface area contributed by atoms with Gasteiger partial charge in [-0.2, -0.15) is 13.2 Å². The number of alkyl halides is 3. The number of rotatable bonds is 1. The Morgan fingerprint density at radius 3 is 2.36 bits per heavy atom. The number of hydrogen-bond donors (Lipinski definition) is 1. The number of aldehydes is 1. The zero-order valence-electron chi connectivity index (χ0n) is 6.73. The number of carbonyl (C=O) groups excluding carboxylic acids is 1. The maximum Gasteiger partial charge on any atom is 0.419 e. The van der Waals surface area contributed by atoms with Crippen molar-refractivity contribution in [3.8, 4) is 0 Å². The number of halogens is 4. The van der Waals surface area contributed by atoms with Gasteiger partial charge in [-0.25, -0.2) is 0 Å². The fourth-order valence-corrected chi connectivity index (χ4v) is 1.31. The van der Waals surface area contributed by atoms with E-state index in [0.29, 0.717) is 0 Å². The molecule has 0 aromatic heterocycles. The molecule has 0 saturated heterocycles. The molecule has 2 nitrogen and oxygen atoms in total. The van der Waals surface area contributed by atoms with Crippen molar-refractivity contribution < 1.29 is 18.0 Å². The molecule has 1 rings (SSSR count). The molecule has 0 amide bonds. The summed E-state index contributed by atoms with van der Waals surface area (Å²) in [5.74, 6) is 0. The van der Waals surface area contributed by atoms with Crippen molar-refractivity contribution in [1.82, 2.24) is 0 Å². The van der Waals surface area contributed by atoms with Crippen LogP contribution in [0.25, 0.3) is 0 Å². The van der Waals surface area contributed by atoms with Crippen LogP contribution in [0.4, 0.5) is 18.9 Å². The topological polar surface area (TPSA) is 43.1 Å². The van der Waals surface area contributed by atoms with Crippen molar-refractivity contribution in [1.29, 1.82) is 0 Å². The second-order valence-electron chi connectivity index (χ2n) is 2.57. The Morgan fingerprint density at radius 2 is 1.93 bits per heavy atom. The molecule has 0 aliphatic heterocycles. The van der Waals surface area contributed by atoms with Crippen molar-refractivity contribution in [2.45, 2.75) is 6.18 Å². The van der Waals surface area contributed by atoms with Gasteiger partial charge in [0.05, 0.1) is 5.56 Å². The minimum atomic E-state index is -4.65. The van der Waals surface area contributed by atoms with Gasteiger partial charge in [0, 0.05) is 16.3 Å². The normalized spacial score (nSPS) is 11.4. The van der Waals surface area contributed by atoms with Gasteiger partial charge in [0.1, 0.15) is 0 Å². The number of carbonyl (C=O) groups is 1. The van der Waals surface area contributed by atoms with Gasteiger partial charge < -0.3 is 5.73 Å². The Bertz CT molecular complexity index is 376. The standard InChI is InChI=1S/C8H5ClF3NO/c9-5-1-4(3-14)7(6(13)2-5)8(10,11)12/h1-3H,13H2. The van der Waals surface area contributed by atoms with Gasteiger partial charge in [-0.1, -0.05) is 11.6 Å². The summed E-state index contributed by atoms with van der Waals surface area (Å²) >= 11 is 5.44. The Hall–Kier alpha value is -1.23. The molecule has 0 bridgehead atoms. The molecule has 0 heterocycles. The predicted octanol–water partition coefficient (Wildman–Crippen LogP) is 2.75. The molecule has 0 radical (unpaired) electrons. The summed E-state index contributed by atoms with van der Waals surface area (Å²) < 4.78 is 37.0. The highest BCUT2D eigenvalue weighted by Gasteiger charge is 2.35. The van der Waals surface area contributed by atoms with Gasteiger partial charge in [0.15, 0.2) is 6.29 Å². The third kappa shape index (κ3) is 1.98. The molecule has 76 valence electrons. The van der Waals surface area contributed by atoms with Crippen LogP contribution in [0.5, 0.6) is 0 Å². The third-order valence-electron chi connectivity index (χ3n) is 1.57. The van der Waals surface area contributed by atoms with E-state index in [1.807, 2.05) is 0 Å². The molecule has 0 fully saturated rings. The largest absolute Gasteiger partial charge is 0.419 e. The summed E-state index contributed by atoms with van der Waals surface area (Å²) in [5.41, 5.74) is 2.88. The molecule has 0 atom stereocenters. The second-order valence-corrected chi connectivity index (χ2v) is 3.01. The van der Waals surface area contributed by atoms with Gasteiger partial charge in [0.2, 0.25) is 0 Å². The first-order valence-electron chi connectivity index (χ1n) is 3.47. The lowest BCUT2D eigenvalue weighted by molar-refractivity contribution is -0.137. The Morgan fingerprint density at radius 1 is 1.36 bits per heavy atom. The van der Waals surface area contributed by atoms with Crippen molar-refractivity contribution in [3.63, 3.8) is 0 Å². The number of nitrogens with two attached hydrogens (primary N) is 1. The minimum Gasteiger partial charge on any atom is -0.398 e. The number of anilines is 1. The average molecular weight is 224 g/mol. The molecular weight excluding hydrogens is 219 g/mol. The smallest absolute Gasteiger partial charge is 0.398 e. The van der Waals surface area contributed by atoms with Crippen LogP contribution in [0.15, 0.2) is 12.1 Å². The first-order valence-corrected chi connectivity index (χ1v) is 3.85. The van der Waals surface area contributed by atoms with Crippen LogP contribution in [-0.4, -0.2) is 6.29 Å². The van der Waals surface area contributed by atoms with E-state index in [2.05, 4.69) is 0 Å². The fourth-order valence-electron chi connectivity index (χ4n) is 1.07. The van der Waals surface area contributed by atoms with E-state index >= 15 is 0 Å². The average Bonchev–Trinajstić information content (AvgIpc) is 1.99. The van der Waals surface area contributed by atoms with E-state index in [1.165, 1.54) is 0 Å². The van der Waals surface area contributed by atoms with E-state index in [4.69, 9.17) is 17.3 Å². The molecule has 2 N–H and O–H groups in total. The number of hydrogen-bond acceptors (Lipinski definition) is 2. The van der Waals surface area contributed by atoms with Crippen LogP contribution in [-0.2, 0) is 6.18 Å². The summed E-state index contributed by atoms with van der Waals surface area (Å²) in [6.45, 7) is 0. The van der Waals surface area contributed by atoms with E-state index in [1.54, 1.807) is 0 Å². The number of benzene rings is 1. The quantitative estimate of drug-likeness (QED) is 0.588. The van der Waals surface area contributed by atoms with Crippen LogP contribution in [0.3, 0.4) is 0 Å². The van der Waals surface area contributed by atoms with E-state index in [-0.39, 0.29) is 11.3 Å². The van der Waals surface area contributed by atoms with E-state index < -0.39 is 23.0 Å². The lowest BCUT2D eigenvalue weighted by atomic mass is 10.1. The van der Waals surface area contributed by atoms with Crippen LogP contribution in [0.2, 0.25) is 5.02 Å². The highest BCUT2D eigenvalue weighted by Crippen LogP contribution is 2.37. The summed E-state index contributed by atoms with van der Waals surface area (Å²) in [5, 5.41) is -0.00222. The molecule has 14 heavy (non-hydrogen) atoms. The summed E-state index contributed by atoms with van der Waals surface area (Å²) in [4.78, 5) is 10.4. The zero-order valence-corrected chi connectivity index (χ0v) is 7.49. The SMILES string of the molecule is Nc1cc(Cl)cc(C=O)c1C(F)(F)F. The Labute approximate surface area is 82.5 Å². The molecule has 0 saturated carbocycles. The van der Waals surface area contributed by atoms with Gasteiger partial charge >= 0.3 is 6.18 Å². The monoisotopic (exact) mass is 223 g/mol. The summed E-state index contributed by atoms with van der Waals surface area (Å²) in [7, 11) is 0. The Balaban J connectivity index is 3.48. The van der Waals surface area contributed by atoms with Gasteiger partial charge in [-0.3, -0.25) is 4.79 Å². The van der Waals surface area contributed by atoms with Crippen LogP contribution >= 0.6 is 11.6 Å². The van der Waals surface area contributed by atoms with Gasteiger partial charge in [0.25, 0.3) is 0 Å². The zero-order chi connectivity index (χ0) is 10.9. The second kappa shape index (κ2) is 3.49. The molecule has 0 aliphatic rings. The molecule has 1 aromatic carbocycles. The fraction of sp³-hybridized carbons (Fsp3) is 0.125. The van der Waals surface area contributed by atoms with Gasteiger partial charge in [-0.15, -0.1) is 0 Å². The molecule has 6 heteroatoms. The maximum absolute atomic E-state index is 12.3. The summed E-state index contributed by atoms with van der Waals surface area (Å²) in [6.07, 6.45) is -4.57. The highest BCUT2D eigenvalue weighted by atomic mass is 35.5. The van der Waals surface area contributed by atoms with Crippen molar-refractivity contribution in [3.05, 3.63) is 28.3 Å². The van der Waals surface area contributed by atoms with Gasteiger partial charge in [-0.05, 0) is 12.1 Å². The van der Waals surface area contributed by atoms with Crippen molar-refractivity contribution >= 4 is 23.6 Å². The minimum absolute atomic E-state index is 0.00222. The lowest BCUT2D eigenvalue weighted by Gasteiger charge is -2.12. The van der Waals surface area contributed by atoms with Crippen LogP contribution in [0, 0.1) is 0 Å². The van der Waals surface area contributed by atoms with Crippen molar-refractivity contribution in [2.75, 3.05) is 5.73 Å². The Kier molecular flexibility index (Phi) is 2.71. The summed E-state index contributed by atoms with van der Waals surface area (Å²) in [6, 6.07) is 1.88. The van der Waals surface area contributed by atoms with Crippen molar-refractivity contribution in [2.24, 2.45) is 0 Å². The molecule has 0 spiro atoms. The first kappa shape index (κ1) is 10.8. The lowest BCUT2D eigenvalue weighted by Crippen LogP contribution is -2.12. The van der Waals surface area contributed by atoms with E-state index in [0.717, 1.165) is 12.1 Å². The predicted molar refractivity (Wildman–Crippen MR) is 46.3 cm³/mol. The van der Waals surface area contributed by atoms with E-state index in [9.17, 15) is 18.0 Å². The molecule has 0 unspecified atom stereocenters.